The number of fused-ring (bicyclic) bond motifs is 1. The first-order valence-corrected chi connectivity index (χ1v) is 9.55. The molecule has 3 aromatic rings. The number of ether oxygens (including phenoxy) is 2. The zero-order valence-corrected chi connectivity index (χ0v) is 15.7. The topological polar surface area (TPSA) is 63.7 Å². The molecule has 27 heavy (non-hydrogen) atoms. The van der Waals surface area contributed by atoms with Crippen LogP contribution in [0.3, 0.4) is 0 Å². The van der Waals surface area contributed by atoms with Gasteiger partial charge in [-0.3, -0.25) is 0 Å². The van der Waals surface area contributed by atoms with Gasteiger partial charge in [0.2, 0.25) is 6.79 Å². The monoisotopic (exact) mass is 381 g/mol. The van der Waals surface area contributed by atoms with Gasteiger partial charge in [0.05, 0.1) is 0 Å². The fourth-order valence-corrected chi connectivity index (χ4v) is 3.50. The fourth-order valence-electron chi connectivity index (χ4n) is 2.85. The van der Waals surface area contributed by atoms with Gasteiger partial charge in [-0.1, -0.05) is 6.07 Å². The van der Waals surface area contributed by atoms with Gasteiger partial charge in [-0.2, -0.15) is 0 Å². The van der Waals surface area contributed by atoms with Crippen molar-refractivity contribution in [3.8, 4) is 22.1 Å². The van der Waals surface area contributed by atoms with E-state index in [1.807, 2.05) is 54.8 Å². The van der Waals surface area contributed by atoms with Gasteiger partial charge >= 0.3 is 6.03 Å². The van der Waals surface area contributed by atoms with E-state index in [0.717, 1.165) is 33.3 Å². The summed E-state index contributed by atoms with van der Waals surface area (Å²) >= 11 is 1.59. The number of nitrogens with one attached hydrogen (secondary N) is 1. The van der Waals surface area contributed by atoms with Gasteiger partial charge in [0.25, 0.3) is 0 Å². The molecule has 0 aliphatic carbocycles. The molecule has 0 saturated carbocycles. The third-order valence-electron chi connectivity index (χ3n) is 4.29. The molecular formula is C20H19N3O3S. The van der Waals surface area contributed by atoms with Crippen molar-refractivity contribution in [2.24, 2.45) is 0 Å². The Kier molecular flexibility index (Phi) is 4.93. The van der Waals surface area contributed by atoms with Crippen LogP contribution in [0.4, 0.5) is 10.5 Å². The number of urea groups is 1. The Morgan fingerprint density at radius 2 is 2.00 bits per heavy atom. The second-order valence-electron chi connectivity index (χ2n) is 6.05. The highest BCUT2D eigenvalue weighted by atomic mass is 32.1. The molecule has 1 aromatic heterocycles. The van der Waals surface area contributed by atoms with Crippen LogP contribution >= 0.6 is 11.3 Å². The minimum Gasteiger partial charge on any atom is -0.454 e. The molecule has 7 heteroatoms. The quantitative estimate of drug-likeness (QED) is 0.702. The molecule has 1 aliphatic rings. The number of carbonyl (C=O) groups excluding carboxylic acids is 1. The maximum Gasteiger partial charge on any atom is 0.322 e. The number of anilines is 1. The van der Waals surface area contributed by atoms with Gasteiger partial charge in [-0.05, 0) is 48.9 Å². The van der Waals surface area contributed by atoms with Gasteiger partial charge in [0.1, 0.15) is 5.01 Å². The van der Waals surface area contributed by atoms with Crippen molar-refractivity contribution in [1.29, 1.82) is 0 Å². The molecule has 4 rings (SSSR count). The molecule has 0 spiro atoms. The molecular weight excluding hydrogens is 362 g/mol. The van der Waals surface area contributed by atoms with Gasteiger partial charge in [0, 0.05) is 35.9 Å². The second kappa shape index (κ2) is 7.67. The van der Waals surface area contributed by atoms with Crippen molar-refractivity contribution >= 4 is 23.1 Å². The number of thiazole rings is 1. The average Bonchev–Trinajstić information content (AvgIpc) is 3.38. The van der Waals surface area contributed by atoms with Crippen LogP contribution in [0, 0.1) is 0 Å². The maximum atomic E-state index is 12.6. The molecule has 1 N–H and O–H groups in total. The normalized spacial score (nSPS) is 12.0. The number of aromatic nitrogens is 1. The Labute approximate surface area is 161 Å². The first-order chi connectivity index (χ1) is 13.2. The Bertz CT molecular complexity index is 926. The first kappa shape index (κ1) is 17.4. The highest BCUT2D eigenvalue weighted by molar-refractivity contribution is 7.13. The summed E-state index contributed by atoms with van der Waals surface area (Å²) in [6.07, 6.45) is 1.78. The smallest absolute Gasteiger partial charge is 0.322 e. The minimum absolute atomic E-state index is 0.142. The summed E-state index contributed by atoms with van der Waals surface area (Å²) in [5.41, 5.74) is 2.79. The third-order valence-corrected chi connectivity index (χ3v) is 5.12. The number of amides is 2. The molecule has 138 valence electrons. The van der Waals surface area contributed by atoms with E-state index in [1.54, 1.807) is 22.4 Å². The maximum absolute atomic E-state index is 12.6. The SMILES string of the molecule is CCN(Cc1ccc2c(c1)OCO2)C(=O)Nc1ccc(-c2nccs2)cc1. The van der Waals surface area contributed by atoms with E-state index in [2.05, 4.69) is 10.3 Å². The molecule has 2 amide bonds. The zero-order chi connectivity index (χ0) is 18.6. The summed E-state index contributed by atoms with van der Waals surface area (Å²) in [5, 5.41) is 5.86. The summed E-state index contributed by atoms with van der Waals surface area (Å²) in [5.74, 6) is 1.47. The number of rotatable bonds is 5. The molecule has 1 aliphatic heterocycles. The van der Waals surface area contributed by atoms with Crippen molar-refractivity contribution < 1.29 is 14.3 Å². The van der Waals surface area contributed by atoms with Crippen LogP contribution in [0.15, 0.2) is 54.0 Å². The molecule has 0 saturated heterocycles. The lowest BCUT2D eigenvalue weighted by Gasteiger charge is -2.21. The fraction of sp³-hybridized carbons (Fsp3) is 0.200. The lowest BCUT2D eigenvalue weighted by atomic mass is 10.2. The zero-order valence-electron chi connectivity index (χ0n) is 14.8. The highest BCUT2D eigenvalue weighted by Crippen LogP contribution is 2.32. The van der Waals surface area contributed by atoms with Crippen LogP contribution < -0.4 is 14.8 Å². The Morgan fingerprint density at radius 1 is 1.19 bits per heavy atom. The lowest BCUT2D eigenvalue weighted by Crippen LogP contribution is -2.34. The number of benzene rings is 2. The molecule has 0 bridgehead atoms. The summed E-state index contributed by atoms with van der Waals surface area (Å²) in [4.78, 5) is 18.7. The van der Waals surface area contributed by atoms with E-state index in [-0.39, 0.29) is 12.8 Å². The number of hydrogen-bond acceptors (Lipinski definition) is 5. The van der Waals surface area contributed by atoms with E-state index in [4.69, 9.17) is 9.47 Å². The minimum atomic E-state index is -0.142. The molecule has 0 unspecified atom stereocenters. The second-order valence-corrected chi connectivity index (χ2v) is 6.94. The standard InChI is InChI=1S/C20H19N3O3S/c1-2-23(12-14-3-8-17-18(11-14)26-13-25-17)20(24)22-16-6-4-15(5-7-16)19-21-9-10-27-19/h3-11H,2,12-13H2,1H3,(H,22,24). The number of nitrogens with zero attached hydrogens (tertiary/aromatic N) is 2. The molecule has 2 heterocycles. The third kappa shape index (κ3) is 3.88. The molecule has 0 fully saturated rings. The molecule has 0 atom stereocenters. The lowest BCUT2D eigenvalue weighted by molar-refractivity contribution is 0.174. The summed E-state index contributed by atoms with van der Waals surface area (Å²) in [6, 6.07) is 13.3. The van der Waals surface area contributed by atoms with Gasteiger partial charge in [-0.25, -0.2) is 9.78 Å². The van der Waals surface area contributed by atoms with Gasteiger partial charge in [-0.15, -0.1) is 11.3 Å². The van der Waals surface area contributed by atoms with Crippen LogP contribution in [-0.4, -0.2) is 29.3 Å². The predicted molar refractivity (Wildman–Crippen MR) is 105 cm³/mol. The van der Waals surface area contributed by atoms with Crippen molar-refractivity contribution in [3.63, 3.8) is 0 Å². The van der Waals surface area contributed by atoms with Gasteiger partial charge < -0.3 is 19.7 Å². The number of carbonyl (C=O) groups is 1. The Balaban J connectivity index is 1.41. The van der Waals surface area contributed by atoms with E-state index in [0.29, 0.717) is 13.1 Å². The number of hydrogen-bond donors (Lipinski definition) is 1. The van der Waals surface area contributed by atoms with Crippen LogP contribution in [0.5, 0.6) is 11.5 Å². The highest BCUT2D eigenvalue weighted by Gasteiger charge is 2.17. The largest absolute Gasteiger partial charge is 0.454 e. The van der Waals surface area contributed by atoms with Crippen molar-refractivity contribution in [1.82, 2.24) is 9.88 Å². The summed E-state index contributed by atoms with van der Waals surface area (Å²) in [6.45, 7) is 3.29. The molecule has 6 nitrogen and oxygen atoms in total. The summed E-state index contributed by atoms with van der Waals surface area (Å²) < 4.78 is 10.7. The van der Waals surface area contributed by atoms with Gasteiger partial charge in [0.15, 0.2) is 11.5 Å². The van der Waals surface area contributed by atoms with Crippen LogP contribution in [0.25, 0.3) is 10.6 Å². The predicted octanol–water partition coefficient (Wildman–Crippen LogP) is 4.59. The van der Waals surface area contributed by atoms with Crippen LogP contribution in [0.1, 0.15) is 12.5 Å². The van der Waals surface area contributed by atoms with Crippen LogP contribution in [-0.2, 0) is 6.54 Å². The Hall–Kier alpha value is -3.06. The molecule has 2 aromatic carbocycles. The van der Waals surface area contributed by atoms with Crippen LogP contribution in [0.2, 0.25) is 0 Å². The first-order valence-electron chi connectivity index (χ1n) is 8.67. The summed E-state index contributed by atoms with van der Waals surface area (Å²) in [7, 11) is 0. The van der Waals surface area contributed by atoms with Crippen molar-refractivity contribution in [2.75, 3.05) is 18.7 Å². The van der Waals surface area contributed by atoms with E-state index < -0.39 is 0 Å². The van der Waals surface area contributed by atoms with E-state index in [9.17, 15) is 4.79 Å². The van der Waals surface area contributed by atoms with E-state index >= 15 is 0 Å². The van der Waals surface area contributed by atoms with E-state index in [1.165, 1.54) is 0 Å². The Morgan fingerprint density at radius 3 is 2.74 bits per heavy atom. The molecule has 0 radical (unpaired) electrons. The average molecular weight is 381 g/mol. The van der Waals surface area contributed by atoms with Crippen molar-refractivity contribution in [3.05, 3.63) is 59.6 Å². The van der Waals surface area contributed by atoms with Crippen molar-refractivity contribution in [2.45, 2.75) is 13.5 Å².